The maximum absolute atomic E-state index is 12.5. The van der Waals surface area contributed by atoms with Gasteiger partial charge in [0.25, 0.3) is 5.91 Å². The van der Waals surface area contributed by atoms with Crippen molar-refractivity contribution in [1.29, 1.82) is 0 Å². The normalized spacial score (nSPS) is 14.8. The van der Waals surface area contributed by atoms with Gasteiger partial charge in [-0.3, -0.25) is 4.79 Å². The smallest absolute Gasteiger partial charge is 0.251 e. The molecule has 0 saturated carbocycles. The largest absolute Gasteiger partial charge is 0.352 e. The first-order valence-electron chi connectivity index (χ1n) is 10.7. The monoisotopic (exact) mass is 400 g/mol. The molecular weight excluding hydrogens is 372 g/mol. The van der Waals surface area contributed by atoms with E-state index in [1.165, 1.54) is 11.1 Å². The molecule has 0 aliphatic carbocycles. The van der Waals surface area contributed by atoms with Gasteiger partial charge < -0.3 is 10.6 Å². The van der Waals surface area contributed by atoms with E-state index in [1.807, 2.05) is 31.2 Å². The van der Waals surface area contributed by atoms with Crippen LogP contribution in [0.4, 0.5) is 11.6 Å². The number of fused-ring (bicyclic) bond motifs is 9. The predicted octanol–water partition coefficient (Wildman–Crippen LogP) is 5.35. The van der Waals surface area contributed by atoms with Crippen LogP contribution < -0.4 is 10.6 Å². The number of benzene rings is 2. The van der Waals surface area contributed by atoms with Gasteiger partial charge in [-0.2, -0.15) is 0 Å². The summed E-state index contributed by atoms with van der Waals surface area (Å²) in [5, 5.41) is 6.40. The Morgan fingerprint density at radius 3 is 2.63 bits per heavy atom. The Kier molecular flexibility index (Phi) is 6.07. The molecule has 6 bridgehead atoms. The Morgan fingerprint density at radius 2 is 1.77 bits per heavy atom. The molecule has 2 N–H and O–H groups in total. The zero-order valence-corrected chi connectivity index (χ0v) is 17.7. The van der Waals surface area contributed by atoms with Crippen molar-refractivity contribution >= 4 is 17.5 Å². The van der Waals surface area contributed by atoms with Crippen molar-refractivity contribution in [3.63, 3.8) is 0 Å². The van der Waals surface area contributed by atoms with Crippen molar-refractivity contribution in [2.24, 2.45) is 0 Å². The van der Waals surface area contributed by atoms with Gasteiger partial charge in [0.05, 0.1) is 5.69 Å². The molecule has 5 heteroatoms. The Labute approximate surface area is 178 Å². The fraction of sp³-hybridized carbons (Fsp3) is 0.320. The molecule has 30 heavy (non-hydrogen) atoms. The Morgan fingerprint density at radius 1 is 0.900 bits per heavy atom. The van der Waals surface area contributed by atoms with Crippen molar-refractivity contribution in [2.75, 3.05) is 11.9 Å². The summed E-state index contributed by atoms with van der Waals surface area (Å²) in [5.74, 6) is 0.556. The van der Waals surface area contributed by atoms with Crippen molar-refractivity contribution < 1.29 is 4.79 Å². The molecular formula is C25H28N4O. The second-order valence-electron chi connectivity index (χ2n) is 7.98. The highest BCUT2D eigenvalue weighted by Gasteiger charge is 2.11. The molecule has 3 aromatic rings. The lowest BCUT2D eigenvalue weighted by Gasteiger charge is -2.12. The lowest BCUT2D eigenvalue weighted by atomic mass is 10.0. The highest BCUT2D eigenvalue weighted by molar-refractivity contribution is 5.95. The predicted molar refractivity (Wildman–Crippen MR) is 121 cm³/mol. The highest BCUT2D eigenvalue weighted by atomic mass is 16.1. The lowest BCUT2D eigenvalue weighted by molar-refractivity contribution is 0.0953. The topological polar surface area (TPSA) is 66.9 Å². The maximum Gasteiger partial charge on any atom is 0.251 e. The molecule has 0 fully saturated rings. The van der Waals surface area contributed by atoms with Crippen molar-refractivity contribution in [2.45, 2.75) is 46.0 Å². The van der Waals surface area contributed by atoms with Gasteiger partial charge in [-0.1, -0.05) is 25.0 Å². The molecule has 1 aromatic heterocycles. The number of carbonyl (C=O) groups excluding carboxylic acids is 1. The summed E-state index contributed by atoms with van der Waals surface area (Å²) in [6.07, 6.45) is 7.25. The van der Waals surface area contributed by atoms with E-state index in [0.29, 0.717) is 18.1 Å². The summed E-state index contributed by atoms with van der Waals surface area (Å²) in [7, 11) is 0. The Balaban J connectivity index is 1.69. The summed E-state index contributed by atoms with van der Waals surface area (Å²) in [6.45, 7) is 4.89. The van der Waals surface area contributed by atoms with Crippen LogP contribution in [-0.4, -0.2) is 22.4 Å². The van der Waals surface area contributed by atoms with Gasteiger partial charge in [0.2, 0.25) is 5.95 Å². The average molecular weight is 401 g/mol. The molecule has 2 aromatic carbocycles. The highest BCUT2D eigenvalue weighted by Crippen LogP contribution is 2.25. The molecule has 0 spiro atoms. The molecule has 2 aliphatic rings. The molecule has 0 saturated heterocycles. The third-order valence-electron chi connectivity index (χ3n) is 5.68. The standard InChI is InChI=1S/C25H28N4O/c1-17-8-10-21-16-19(17)7-5-3-4-6-13-26-24(30)20-9-11-22(18(2)15-20)23-12-14-27-25(28-21)29-23/h8-12,14-16H,3-7,13H2,1-2H3,(H,26,30)(H,27,28,29). The number of hydrogen-bond acceptors (Lipinski definition) is 4. The number of aryl methyl sites for hydroxylation is 3. The zero-order chi connectivity index (χ0) is 20.9. The summed E-state index contributed by atoms with van der Waals surface area (Å²) in [5.41, 5.74) is 7.21. The van der Waals surface area contributed by atoms with Gasteiger partial charge in [0, 0.05) is 29.6 Å². The first kappa shape index (κ1) is 20.1. The van der Waals surface area contributed by atoms with Crippen LogP contribution in [0.3, 0.4) is 0 Å². The molecule has 154 valence electrons. The molecule has 2 aliphatic heterocycles. The minimum atomic E-state index is -0.0146. The van der Waals surface area contributed by atoms with Crippen LogP contribution in [0, 0.1) is 13.8 Å². The number of aromatic nitrogens is 2. The van der Waals surface area contributed by atoms with Crippen molar-refractivity contribution in [3.8, 4) is 11.3 Å². The van der Waals surface area contributed by atoms with Crippen LogP contribution >= 0.6 is 0 Å². The number of carbonyl (C=O) groups is 1. The second kappa shape index (κ2) is 9.08. The Hall–Kier alpha value is -3.21. The zero-order valence-electron chi connectivity index (χ0n) is 17.7. The number of anilines is 2. The van der Waals surface area contributed by atoms with Crippen LogP contribution in [0.15, 0.2) is 48.7 Å². The van der Waals surface area contributed by atoms with E-state index >= 15 is 0 Å². The van der Waals surface area contributed by atoms with Crippen LogP contribution in [0.2, 0.25) is 0 Å². The molecule has 0 unspecified atom stereocenters. The van der Waals surface area contributed by atoms with Gasteiger partial charge in [0.1, 0.15) is 0 Å². The molecule has 3 heterocycles. The third kappa shape index (κ3) is 4.67. The Bertz CT molecular complexity index is 1060. The fourth-order valence-electron chi connectivity index (χ4n) is 3.91. The van der Waals surface area contributed by atoms with Gasteiger partial charge in [-0.05, 0) is 80.1 Å². The van der Waals surface area contributed by atoms with Crippen LogP contribution in [0.1, 0.15) is 52.7 Å². The minimum absolute atomic E-state index is 0.0146. The lowest BCUT2D eigenvalue weighted by Crippen LogP contribution is -2.24. The number of nitrogens with zero attached hydrogens (tertiary/aromatic N) is 2. The van der Waals surface area contributed by atoms with E-state index in [4.69, 9.17) is 4.98 Å². The van der Waals surface area contributed by atoms with E-state index in [0.717, 1.165) is 54.6 Å². The third-order valence-corrected chi connectivity index (χ3v) is 5.68. The van der Waals surface area contributed by atoms with Gasteiger partial charge in [0.15, 0.2) is 0 Å². The fourth-order valence-corrected chi connectivity index (χ4v) is 3.91. The molecule has 0 atom stereocenters. The van der Waals surface area contributed by atoms with E-state index in [9.17, 15) is 4.79 Å². The maximum atomic E-state index is 12.5. The van der Waals surface area contributed by atoms with Crippen LogP contribution in [-0.2, 0) is 6.42 Å². The average Bonchev–Trinajstić information content (AvgIpc) is 2.74. The van der Waals surface area contributed by atoms with E-state index in [-0.39, 0.29) is 5.91 Å². The van der Waals surface area contributed by atoms with Gasteiger partial charge in [-0.15, -0.1) is 0 Å². The molecule has 0 radical (unpaired) electrons. The van der Waals surface area contributed by atoms with Gasteiger partial charge >= 0.3 is 0 Å². The first-order chi connectivity index (χ1) is 14.6. The number of amides is 1. The van der Waals surface area contributed by atoms with Crippen molar-refractivity contribution in [1.82, 2.24) is 15.3 Å². The van der Waals surface area contributed by atoms with Crippen molar-refractivity contribution in [3.05, 3.63) is 70.9 Å². The molecule has 5 rings (SSSR count). The molecule has 5 nitrogen and oxygen atoms in total. The summed E-state index contributed by atoms with van der Waals surface area (Å²) in [4.78, 5) is 21.6. The number of hydrogen-bond donors (Lipinski definition) is 2. The SMILES string of the molecule is Cc1ccc2cc1CCCCCCNC(=O)c1ccc(c(C)c1)-c1ccnc(n1)N2. The quantitative estimate of drug-likeness (QED) is 0.534. The van der Waals surface area contributed by atoms with E-state index in [2.05, 4.69) is 40.7 Å². The van der Waals surface area contributed by atoms with Gasteiger partial charge in [-0.25, -0.2) is 9.97 Å². The summed E-state index contributed by atoms with van der Waals surface area (Å²) < 4.78 is 0. The number of rotatable bonds is 0. The summed E-state index contributed by atoms with van der Waals surface area (Å²) in [6, 6.07) is 14.1. The second-order valence-corrected chi connectivity index (χ2v) is 7.98. The van der Waals surface area contributed by atoms with Crippen LogP contribution in [0.25, 0.3) is 11.3 Å². The summed E-state index contributed by atoms with van der Waals surface area (Å²) >= 11 is 0. The van der Waals surface area contributed by atoms with Crippen LogP contribution in [0.5, 0.6) is 0 Å². The first-order valence-corrected chi connectivity index (χ1v) is 10.7. The number of nitrogens with one attached hydrogen (secondary N) is 2. The van der Waals surface area contributed by atoms with E-state index < -0.39 is 0 Å². The molecule has 1 amide bonds. The van der Waals surface area contributed by atoms with E-state index in [1.54, 1.807) is 6.20 Å². The minimum Gasteiger partial charge on any atom is -0.352 e.